The molecule has 7 heteroatoms. The Morgan fingerprint density at radius 3 is 2.52 bits per heavy atom. The van der Waals surface area contributed by atoms with E-state index in [-0.39, 0.29) is 48.9 Å². The minimum atomic E-state index is -0.341. The van der Waals surface area contributed by atoms with Crippen molar-refractivity contribution in [3.05, 3.63) is 59.9 Å². The number of halogens is 1. The maximum absolute atomic E-state index is 13.1. The fraction of sp³-hybridized carbons (Fsp3) is 0.333. The first-order valence-electron chi connectivity index (χ1n) is 8.05. The molecule has 1 N–H and O–H groups in total. The average Bonchev–Trinajstić information content (AvgIpc) is 2.60. The number of nitrogens with zero attached hydrogens (tertiary/aromatic N) is 3. The summed E-state index contributed by atoms with van der Waals surface area (Å²) >= 11 is 0. The highest BCUT2D eigenvalue weighted by Gasteiger charge is 2.19. The van der Waals surface area contributed by atoms with Crippen molar-refractivity contribution in [1.29, 1.82) is 0 Å². The molecule has 6 nitrogen and oxygen atoms in total. The third-order valence-electron chi connectivity index (χ3n) is 3.41. The van der Waals surface area contributed by atoms with E-state index in [1.807, 2.05) is 13.8 Å². The van der Waals surface area contributed by atoms with Crippen LogP contribution in [-0.2, 0) is 11.3 Å². The van der Waals surface area contributed by atoms with Crippen LogP contribution >= 0.6 is 0 Å². The number of nitrogens with one attached hydrogen (secondary N) is 1. The monoisotopic (exact) mass is 344 g/mol. The summed E-state index contributed by atoms with van der Waals surface area (Å²) in [7, 11) is 0. The number of rotatable bonds is 7. The quantitative estimate of drug-likeness (QED) is 0.835. The van der Waals surface area contributed by atoms with Crippen LogP contribution < -0.4 is 5.32 Å². The fourth-order valence-corrected chi connectivity index (χ4v) is 2.26. The minimum absolute atomic E-state index is 0.0359. The molecule has 0 radical (unpaired) electrons. The van der Waals surface area contributed by atoms with Gasteiger partial charge in [-0.1, -0.05) is 12.1 Å². The highest BCUT2D eigenvalue weighted by atomic mass is 19.1. The van der Waals surface area contributed by atoms with Gasteiger partial charge in [-0.2, -0.15) is 0 Å². The van der Waals surface area contributed by atoms with Crippen molar-refractivity contribution in [1.82, 2.24) is 20.2 Å². The van der Waals surface area contributed by atoms with Gasteiger partial charge in [0.25, 0.3) is 5.91 Å². The number of carbonyl (C=O) groups is 2. The predicted molar refractivity (Wildman–Crippen MR) is 91.1 cm³/mol. The van der Waals surface area contributed by atoms with E-state index in [9.17, 15) is 14.0 Å². The minimum Gasteiger partial charge on any atom is -0.354 e. The van der Waals surface area contributed by atoms with Crippen LogP contribution in [0.4, 0.5) is 4.39 Å². The second-order valence-corrected chi connectivity index (χ2v) is 5.92. The van der Waals surface area contributed by atoms with Crippen molar-refractivity contribution in [3.63, 3.8) is 0 Å². The summed E-state index contributed by atoms with van der Waals surface area (Å²) < 4.78 is 13.1. The van der Waals surface area contributed by atoms with Gasteiger partial charge < -0.3 is 10.2 Å². The zero-order chi connectivity index (χ0) is 18.2. The van der Waals surface area contributed by atoms with Gasteiger partial charge in [0.2, 0.25) is 5.91 Å². The maximum Gasteiger partial charge on any atom is 0.274 e. The van der Waals surface area contributed by atoms with Crippen LogP contribution in [0.1, 0.15) is 36.3 Å². The molecule has 1 aromatic carbocycles. The molecule has 132 valence electrons. The summed E-state index contributed by atoms with van der Waals surface area (Å²) in [6.07, 6.45) is 4.48. The molecular weight excluding hydrogens is 323 g/mol. The topological polar surface area (TPSA) is 75.2 Å². The number of amides is 2. The lowest BCUT2D eigenvalue weighted by molar-refractivity contribution is -0.121. The van der Waals surface area contributed by atoms with E-state index in [2.05, 4.69) is 15.3 Å². The predicted octanol–water partition coefficient (Wildman–Crippen LogP) is 2.17. The van der Waals surface area contributed by atoms with Gasteiger partial charge in [-0.25, -0.2) is 9.37 Å². The first kappa shape index (κ1) is 18.5. The molecule has 0 unspecified atom stereocenters. The Labute approximate surface area is 146 Å². The molecule has 0 bridgehead atoms. The van der Waals surface area contributed by atoms with E-state index in [0.29, 0.717) is 0 Å². The molecule has 0 aliphatic rings. The van der Waals surface area contributed by atoms with Gasteiger partial charge in [0.05, 0.1) is 6.20 Å². The molecule has 0 aliphatic carbocycles. The molecule has 25 heavy (non-hydrogen) atoms. The molecule has 0 saturated carbocycles. The number of benzene rings is 1. The lowest BCUT2D eigenvalue weighted by Crippen LogP contribution is -2.37. The molecule has 2 aromatic rings. The Bertz CT molecular complexity index is 705. The largest absolute Gasteiger partial charge is 0.354 e. The number of aromatic nitrogens is 2. The second kappa shape index (κ2) is 8.86. The number of carbonyl (C=O) groups excluding carboxylic acids is 2. The summed E-state index contributed by atoms with van der Waals surface area (Å²) in [4.78, 5) is 34.0. The van der Waals surface area contributed by atoms with E-state index >= 15 is 0 Å². The van der Waals surface area contributed by atoms with Crippen LogP contribution in [-0.4, -0.2) is 39.3 Å². The van der Waals surface area contributed by atoms with Gasteiger partial charge in [0.15, 0.2) is 0 Å². The van der Waals surface area contributed by atoms with Crippen LogP contribution in [0, 0.1) is 5.82 Å². The van der Waals surface area contributed by atoms with Crippen molar-refractivity contribution in [2.75, 3.05) is 6.54 Å². The van der Waals surface area contributed by atoms with E-state index in [1.165, 1.54) is 35.6 Å². The standard InChI is InChI=1S/C18H21FN4O2/c1-13(2)22-17(24)7-10-23(12-14-3-5-15(19)6-4-14)18(25)16-11-20-8-9-21-16/h3-6,8-9,11,13H,7,10,12H2,1-2H3,(H,22,24). The Kier molecular flexibility index (Phi) is 6.56. The SMILES string of the molecule is CC(C)NC(=O)CCN(Cc1ccc(F)cc1)C(=O)c1cnccn1. The third-order valence-corrected chi connectivity index (χ3v) is 3.41. The second-order valence-electron chi connectivity index (χ2n) is 5.92. The third kappa shape index (κ3) is 5.95. The Hall–Kier alpha value is -2.83. The lowest BCUT2D eigenvalue weighted by Gasteiger charge is -2.22. The molecule has 0 fully saturated rings. The summed E-state index contributed by atoms with van der Waals surface area (Å²) in [5, 5.41) is 2.79. The first-order chi connectivity index (χ1) is 12.0. The summed E-state index contributed by atoms with van der Waals surface area (Å²) in [6.45, 7) is 4.23. The van der Waals surface area contributed by atoms with Crippen molar-refractivity contribution in [2.45, 2.75) is 32.9 Å². The van der Waals surface area contributed by atoms with Crippen molar-refractivity contribution >= 4 is 11.8 Å². The normalized spacial score (nSPS) is 10.6. The van der Waals surface area contributed by atoms with Crippen LogP contribution in [0.25, 0.3) is 0 Å². The Balaban J connectivity index is 2.11. The lowest BCUT2D eigenvalue weighted by atomic mass is 10.2. The van der Waals surface area contributed by atoms with Crippen LogP contribution in [0.15, 0.2) is 42.9 Å². The highest BCUT2D eigenvalue weighted by Crippen LogP contribution is 2.10. The van der Waals surface area contributed by atoms with Gasteiger partial charge in [0.1, 0.15) is 11.5 Å². The molecular formula is C18H21FN4O2. The molecule has 2 amide bonds. The number of hydrogen-bond donors (Lipinski definition) is 1. The Morgan fingerprint density at radius 1 is 1.20 bits per heavy atom. The van der Waals surface area contributed by atoms with E-state index in [1.54, 1.807) is 12.1 Å². The zero-order valence-electron chi connectivity index (χ0n) is 14.3. The smallest absolute Gasteiger partial charge is 0.274 e. The molecule has 0 aliphatic heterocycles. The summed E-state index contributed by atoms with van der Waals surface area (Å²) in [5.74, 6) is -0.798. The van der Waals surface area contributed by atoms with Gasteiger partial charge in [-0.3, -0.25) is 14.6 Å². The summed E-state index contributed by atoms with van der Waals surface area (Å²) in [6, 6.07) is 5.94. The first-order valence-corrected chi connectivity index (χ1v) is 8.05. The molecule has 0 atom stereocenters. The maximum atomic E-state index is 13.1. The van der Waals surface area contributed by atoms with Crippen molar-refractivity contribution < 1.29 is 14.0 Å². The summed E-state index contributed by atoms with van der Waals surface area (Å²) in [5.41, 5.74) is 0.969. The van der Waals surface area contributed by atoms with Crippen molar-refractivity contribution in [2.24, 2.45) is 0 Å². The van der Waals surface area contributed by atoms with E-state index in [4.69, 9.17) is 0 Å². The average molecular weight is 344 g/mol. The molecule has 0 spiro atoms. The van der Waals surface area contributed by atoms with Gasteiger partial charge in [-0.05, 0) is 31.5 Å². The zero-order valence-corrected chi connectivity index (χ0v) is 14.3. The van der Waals surface area contributed by atoms with Crippen LogP contribution in [0.3, 0.4) is 0 Å². The van der Waals surface area contributed by atoms with Gasteiger partial charge >= 0.3 is 0 Å². The van der Waals surface area contributed by atoms with E-state index < -0.39 is 0 Å². The van der Waals surface area contributed by atoms with Crippen molar-refractivity contribution in [3.8, 4) is 0 Å². The fourth-order valence-electron chi connectivity index (χ4n) is 2.26. The highest BCUT2D eigenvalue weighted by molar-refractivity contribution is 5.92. The Morgan fingerprint density at radius 2 is 1.92 bits per heavy atom. The van der Waals surface area contributed by atoms with Crippen LogP contribution in [0.2, 0.25) is 0 Å². The molecule has 1 heterocycles. The molecule has 0 saturated heterocycles. The van der Waals surface area contributed by atoms with E-state index in [0.717, 1.165) is 5.56 Å². The van der Waals surface area contributed by atoms with Crippen LogP contribution in [0.5, 0.6) is 0 Å². The van der Waals surface area contributed by atoms with Gasteiger partial charge in [0, 0.05) is 37.9 Å². The molecule has 1 aromatic heterocycles. The number of hydrogen-bond acceptors (Lipinski definition) is 4. The van der Waals surface area contributed by atoms with Gasteiger partial charge in [-0.15, -0.1) is 0 Å². The molecule has 2 rings (SSSR count).